The van der Waals surface area contributed by atoms with Gasteiger partial charge in [0.2, 0.25) is 0 Å². The van der Waals surface area contributed by atoms with Crippen LogP contribution in [0.15, 0.2) is 42.6 Å². The van der Waals surface area contributed by atoms with Gasteiger partial charge in [-0.25, -0.2) is 0 Å². The van der Waals surface area contributed by atoms with E-state index in [1.165, 1.54) is 18.3 Å². The Morgan fingerprint density at radius 3 is 2.54 bits per heavy atom. The van der Waals surface area contributed by atoms with Crippen molar-refractivity contribution in [1.82, 2.24) is 21.2 Å². The first-order chi connectivity index (χ1) is 11.5. The van der Waals surface area contributed by atoms with Gasteiger partial charge < -0.3 is 5.32 Å². The summed E-state index contributed by atoms with van der Waals surface area (Å²) in [7, 11) is 0. The van der Waals surface area contributed by atoms with Crippen LogP contribution in [0.4, 0.5) is 0 Å². The van der Waals surface area contributed by atoms with E-state index in [0.717, 1.165) is 5.56 Å². The summed E-state index contributed by atoms with van der Waals surface area (Å²) in [5.41, 5.74) is 5.84. The number of amides is 3. The normalized spacial score (nSPS) is 9.92. The molecule has 0 unspecified atom stereocenters. The van der Waals surface area contributed by atoms with Crippen molar-refractivity contribution in [2.24, 2.45) is 0 Å². The van der Waals surface area contributed by atoms with E-state index in [1.54, 1.807) is 25.1 Å². The molecule has 2 rings (SSSR count). The van der Waals surface area contributed by atoms with Crippen LogP contribution in [0.3, 0.4) is 0 Å². The predicted molar refractivity (Wildman–Crippen MR) is 88.4 cm³/mol. The lowest BCUT2D eigenvalue weighted by atomic mass is 10.1. The number of hydrogen-bond acceptors (Lipinski definition) is 4. The van der Waals surface area contributed by atoms with Gasteiger partial charge in [-0.2, -0.15) is 0 Å². The zero-order valence-electron chi connectivity index (χ0n) is 12.8. The molecule has 0 spiro atoms. The molecule has 1 aromatic heterocycles. The maximum absolute atomic E-state index is 11.9. The Labute approximate surface area is 143 Å². The Morgan fingerprint density at radius 2 is 1.83 bits per heavy atom. The monoisotopic (exact) mass is 346 g/mol. The van der Waals surface area contributed by atoms with Crippen LogP contribution in [0.5, 0.6) is 0 Å². The summed E-state index contributed by atoms with van der Waals surface area (Å²) in [5.74, 6) is -1.56. The number of aryl methyl sites for hydroxylation is 1. The van der Waals surface area contributed by atoms with Crippen molar-refractivity contribution < 1.29 is 14.4 Å². The molecule has 0 aliphatic rings. The third kappa shape index (κ3) is 4.79. The average Bonchev–Trinajstić information content (AvgIpc) is 2.58. The van der Waals surface area contributed by atoms with Gasteiger partial charge in [0.15, 0.2) is 0 Å². The van der Waals surface area contributed by atoms with Crippen molar-refractivity contribution in [3.63, 3.8) is 0 Å². The Bertz CT molecular complexity index is 779. The van der Waals surface area contributed by atoms with Crippen LogP contribution in [0.25, 0.3) is 0 Å². The van der Waals surface area contributed by atoms with Crippen molar-refractivity contribution in [2.75, 3.05) is 6.54 Å². The molecule has 0 fully saturated rings. The van der Waals surface area contributed by atoms with E-state index in [9.17, 15) is 14.4 Å². The van der Waals surface area contributed by atoms with Gasteiger partial charge in [-0.05, 0) is 30.7 Å². The molecule has 8 heteroatoms. The van der Waals surface area contributed by atoms with E-state index < -0.39 is 17.7 Å². The van der Waals surface area contributed by atoms with Crippen LogP contribution < -0.4 is 16.2 Å². The van der Waals surface area contributed by atoms with E-state index in [1.807, 2.05) is 6.07 Å². The van der Waals surface area contributed by atoms with Crippen molar-refractivity contribution in [2.45, 2.75) is 6.92 Å². The number of carbonyl (C=O) groups is 3. The van der Waals surface area contributed by atoms with Crippen LogP contribution in [0.1, 0.15) is 26.4 Å². The fourth-order valence-corrected chi connectivity index (χ4v) is 2.01. The molecule has 0 atom stereocenters. The lowest BCUT2D eigenvalue weighted by molar-refractivity contribution is -0.120. The predicted octanol–water partition coefficient (Wildman–Crippen LogP) is 1.23. The molecular weight excluding hydrogens is 332 g/mol. The maximum Gasteiger partial charge on any atom is 0.270 e. The fraction of sp³-hybridized carbons (Fsp3) is 0.125. The highest BCUT2D eigenvalue weighted by atomic mass is 35.5. The first-order valence-corrected chi connectivity index (χ1v) is 7.39. The highest BCUT2D eigenvalue weighted by Crippen LogP contribution is 2.07. The van der Waals surface area contributed by atoms with Gasteiger partial charge in [-0.1, -0.05) is 29.8 Å². The molecule has 1 aromatic carbocycles. The molecular formula is C16H15ClN4O3. The van der Waals surface area contributed by atoms with E-state index in [-0.39, 0.29) is 12.2 Å². The van der Waals surface area contributed by atoms with Crippen LogP contribution in [-0.4, -0.2) is 29.3 Å². The number of carbonyl (C=O) groups excluding carboxylic acids is 3. The molecule has 3 amide bonds. The highest BCUT2D eigenvalue weighted by molar-refractivity contribution is 6.30. The molecule has 7 nitrogen and oxygen atoms in total. The number of nitrogens with one attached hydrogen (secondary N) is 3. The summed E-state index contributed by atoms with van der Waals surface area (Å²) in [6.45, 7) is 1.47. The fourth-order valence-electron chi connectivity index (χ4n) is 1.85. The van der Waals surface area contributed by atoms with Gasteiger partial charge in [0, 0.05) is 16.8 Å². The molecule has 0 saturated heterocycles. The Hall–Kier alpha value is -2.93. The van der Waals surface area contributed by atoms with Crippen molar-refractivity contribution >= 4 is 29.3 Å². The largest absolute Gasteiger partial charge is 0.342 e. The first kappa shape index (κ1) is 17.4. The van der Waals surface area contributed by atoms with Crippen molar-refractivity contribution in [1.29, 1.82) is 0 Å². The lowest BCUT2D eigenvalue weighted by Gasteiger charge is -2.09. The van der Waals surface area contributed by atoms with Crippen LogP contribution >= 0.6 is 11.6 Å². The summed E-state index contributed by atoms with van der Waals surface area (Å²) in [4.78, 5) is 39.3. The topological polar surface area (TPSA) is 100 Å². The number of aromatic nitrogens is 1. The zero-order chi connectivity index (χ0) is 17.5. The van der Waals surface area contributed by atoms with E-state index in [2.05, 4.69) is 21.2 Å². The minimum Gasteiger partial charge on any atom is -0.342 e. The smallest absolute Gasteiger partial charge is 0.270 e. The number of hydrogen-bond donors (Lipinski definition) is 3. The highest BCUT2D eigenvalue weighted by Gasteiger charge is 2.12. The first-order valence-electron chi connectivity index (χ1n) is 7.02. The number of hydrazine groups is 1. The Morgan fingerprint density at radius 1 is 1.08 bits per heavy atom. The van der Waals surface area contributed by atoms with Crippen molar-refractivity contribution in [3.05, 3.63) is 64.4 Å². The Balaban J connectivity index is 1.80. The average molecular weight is 347 g/mol. The Kier molecular flexibility index (Phi) is 5.86. The lowest BCUT2D eigenvalue weighted by Crippen LogP contribution is -2.46. The quantitative estimate of drug-likeness (QED) is 0.725. The third-order valence-corrected chi connectivity index (χ3v) is 3.30. The summed E-state index contributed by atoms with van der Waals surface area (Å²) in [6.07, 6.45) is 1.39. The second-order valence-electron chi connectivity index (χ2n) is 4.86. The molecule has 2 aromatic rings. The van der Waals surface area contributed by atoms with Gasteiger partial charge in [-0.15, -0.1) is 0 Å². The minimum atomic E-state index is -0.577. The molecule has 3 N–H and O–H groups in total. The number of benzene rings is 1. The maximum atomic E-state index is 11.9. The standard InChI is InChI=1S/C16H15ClN4O3/c1-10-4-2-3-5-12(10)15(23)21-20-14(22)9-19-16(24)13-8-11(17)6-7-18-13/h2-8H,9H2,1H3,(H,19,24)(H,20,22)(H,21,23). The van der Waals surface area contributed by atoms with Crippen LogP contribution in [0, 0.1) is 6.92 Å². The number of halogens is 1. The number of pyridine rings is 1. The molecule has 24 heavy (non-hydrogen) atoms. The SMILES string of the molecule is Cc1ccccc1C(=O)NNC(=O)CNC(=O)c1cc(Cl)ccn1. The van der Waals surface area contributed by atoms with E-state index in [0.29, 0.717) is 10.6 Å². The number of nitrogens with zero attached hydrogens (tertiary/aromatic N) is 1. The second-order valence-corrected chi connectivity index (χ2v) is 5.30. The third-order valence-electron chi connectivity index (χ3n) is 3.07. The van der Waals surface area contributed by atoms with Crippen molar-refractivity contribution in [3.8, 4) is 0 Å². The van der Waals surface area contributed by atoms with Gasteiger partial charge in [-0.3, -0.25) is 30.2 Å². The summed E-state index contributed by atoms with van der Waals surface area (Å²) in [5, 5.41) is 2.74. The summed E-state index contributed by atoms with van der Waals surface area (Å²) >= 11 is 5.76. The molecule has 1 heterocycles. The molecule has 0 radical (unpaired) electrons. The molecule has 0 bridgehead atoms. The molecule has 0 aliphatic heterocycles. The molecule has 124 valence electrons. The van der Waals surface area contributed by atoms with Crippen LogP contribution in [0.2, 0.25) is 5.02 Å². The van der Waals surface area contributed by atoms with Gasteiger partial charge in [0.1, 0.15) is 5.69 Å². The summed E-state index contributed by atoms with van der Waals surface area (Å²) < 4.78 is 0. The molecule has 0 aliphatic carbocycles. The summed E-state index contributed by atoms with van der Waals surface area (Å²) in [6, 6.07) is 9.88. The number of rotatable bonds is 4. The van der Waals surface area contributed by atoms with Crippen LogP contribution in [-0.2, 0) is 4.79 Å². The van der Waals surface area contributed by atoms with Gasteiger partial charge >= 0.3 is 0 Å². The van der Waals surface area contributed by atoms with E-state index in [4.69, 9.17) is 11.6 Å². The van der Waals surface area contributed by atoms with E-state index >= 15 is 0 Å². The van der Waals surface area contributed by atoms with Gasteiger partial charge in [0.25, 0.3) is 17.7 Å². The van der Waals surface area contributed by atoms with Gasteiger partial charge in [0.05, 0.1) is 6.54 Å². The molecule has 0 saturated carbocycles. The minimum absolute atomic E-state index is 0.0965. The second kappa shape index (κ2) is 8.07. The zero-order valence-corrected chi connectivity index (χ0v) is 13.6.